The topological polar surface area (TPSA) is 73.9 Å². The molecule has 0 saturated carbocycles. The van der Waals surface area contributed by atoms with E-state index in [1.807, 2.05) is 12.1 Å². The van der Waals surface area contributed by atoms with Crippen LogP contribution in [0, 0.1) is 0 Å². The van der Waals surface area contributed by atoms with Crippen molar-refractivity contribution in [1.29, 1.82) is 0 Å². The SMILES string of the molecule is O=C(N[C@H](Cc1ccc(Cl)cc1Cl)C(=O)N1CCN(c2ccccc2CNCCc2cccs2)CC1)OCCF. The number of halogens is 3. The van der Waals surface area contributed by atoms with Gasteiger partial charge in [-0.15, -0.1) is 11.3 Å². The van der Waals surface area contributed by atoms with Gasteiger partial charge in [0.05, 0.1) is 0 Å². The van der Waals surface area contributed by atoms with Gasteiger partial charge in [-0.25, -0.2) is 9.18 Å². The van der Waals surface area contributed by atoms with Crippen molar-refractivity contribution < 1.29 is 18.7 Å². The lowest BCUT2D eigenvalue weighted by Gasteiger charge is -2.38. The molecule has 1 fully saturated rings. The minimum absolute atomic E-state index is 0.153. The second-order valence-electron chi connectivity index (χ2n) is 9.41. The molecule has 0 spiro atoms. The number of carbonyl (C=O) groups is 2. The zero-order valence-corrected chi connectivity index (χ0v) is 24.4. The quantitative estimate of drug-likeness (QED) is 0.272. The van der Waals surface area contributed by atoms with Crippen LogP contribution in [0.2, 0.25) is 10.0 Å². The van der Waals surface area contributed by atoms with E-state index in [1.54, 1.807) is 34.4 Å². The van der Waals surface area contributed by atoms with Crippen LogP contribution in [-0.4, -0.2) is 68.9 Å². The number of amides is 2. The summed E-state index contributed by atoms with van der Waals surface area (Å²) in [6.45, 7) is 2.76. The predicted octanol–water partition coefficient (Wildman–Crippen LogP) is 5.34. The summed E-state index contributed by atoms with van der Waals surface area (Å²) in [5.41, 5.74) is 3.02. The van der Waals surface area contributed by atoms with Crippen LogP contribution >= 0.6 is 34.5 Å². The van der Waals surface area contributed by atoms with Gasteiger partial charge in [-0.3, -0.25) is 4.79 Å². The number of anilines is 1. The third-order valence-corrected chi connectivity index (χ3v) is 8.23. The Labute approximate surface area is 248 Å². The first-order valence-electron chi connectivity index (χ1n) is 13.2. The number of rotatable bonds is 12. The zero-order chi connectivity index (χ0) is 28.3. The average molecular weight is 608 g/mol. The number of alkyl carbamates (subject to hydrolysis) is 1. The number of hydrogen-bond acceptors (Lipinski definition) is 6. The molecule has 1 atom stereocenters. The summed E-state index contributed by atoms with van der Waals surface area (Å²) in [6, 6.07) is 16.6. The minimum atomic E-state index is -0.919. The van der Waals surface area contributed by atoms with Crippen molar-refractivity contribution in [2.75, 3.05) is 50.9 Å². The maximum absolute atomic E-state index is 13.6. The largest absolute Gasteiger partial charge is 0.447 e. The molecule has 2 heterocycles. The molecule has 1 aliphatic heterocycles. The van der Waals surface area contributed by atoms with E-state index in [9.17, 15) is 14.0 Å². The first-order valence-corrected chi connectivity index (χ1v) is 14.9. The molecule has 40 heavy (non-hydrogen) atoms. The Bertz CT molecular complexity index is 1260. The normalized spacial score (nSPS) is 14.2. The van der Waals surface area contributed by atoms with Gasteiger partial charge in [-0.05, 0) is 47.2 Å². The van der Waals surface area contributed by atoms with Crippen molar-refractivity contribution >= 4 is 52.2 Å². The van der Waals surface area contributed by atoms with E-state index in [4.69, 9.17) is 27.9 Å². The van der Waals surface area contributed by atoms with E-state index in [2.05, 4.69) is 45.2 Å². The average Bonchev–Trinajstić information content (AvgIpc) is 3.49. The van der Waals surface area contributed by atoms with E-state index < -0.39 is 18.8 Å². The molecule has 1 aromatic heterocycles. The second kappa shape index (κ2) is 15.2. The van der Waals surface area contributed by atoms with Gasteiger partial charge in [-0.2, -0.15) is 0 Å². The van der Waals surface area contributed by atoms with Crippen LogP contribution in [-0.2, 0) is 28.9 Å². The fourth-order valence-electron chi connectivity index (χ4n) is 4.67. The summed E-state index contributed by atoms with van der Waals surface area (Å²) in [5, 5.41) is 9.11. The van der Waals surface area contributed by atoms with E-state index >= 15 is 0 Å². The molecule has 0 radical (unpaired) electrons. The van der Waals surface area contributed by atoms with Gasteiger partial charge in [0.15, 0.2) is 0 Å². The van der Waals surface area contributed by atoms with Crippen LogP contribution in [0.5, 0.6) is 0 Å². The third kappa shape index (κ3) is 8.57. The van der Waals surface area contributed by atoms with Crippen molar-refractivity contribution in [3.8, 4) is 0 Å². The Morgan fingerprint density at radius 3 is 2.55 bits per heavy atom. The van der Waals surface area contributed by atoms with Crippen molar-refractivity contribution in [3.63, 3.8) is 0 Å². The van der Waals surface area contributed by atoms with Crippen molar-refractivity contribution in [2.45, 2.75) is 25.4 Å². The Morgan fingerprint density at radius 1 is 1.02 bits per heavy atom. The Balaban J connectivity index is 1.36. The molecule has 0 unspecified atom stereocenters. The van der Waals surface area contributed by atoms with Crippen LogP contribution in [0.3, 0.4) is 0 Å². The summed E-state index contributed by atoms with van der Waals surface area (Å²) in [7, 11) is 0. The maximum atomic E-state index is 13.6. The highest BCUT2D eigenvalue weighted by atomic mass is 35.5. The molecule has 7 nitrogen and oxygen atoms in total. The van der Waals surface area contributed by atoms with Crippen LogP contribution in [0.1, 0.15) is 16.0 Å². The highest BCUT2D eigenvalue weighted by Gasteiger charge is 2.30. The number of alkyl halides is 1. The monoisotopic (exact) mass is 606 g/mol. The molecule has 1 aliphatic rings. The number of ether oxygens (including phenoxy) is 1. The molecule has 4 rings (SSSR count). The molecule has 3 aromatic rings. The fourth-order valence-corrected chi connectivity index (χ4v) is 5.86. The number of hydrogen-bond donors (Lipinski definition) is 2. The summed E-state index contributed by atoms with van der Waals surface area (Å²) in [6.07, 6.45) is 0.304. The highest BCUT2D eigenvalue weighted by Crippen LogP contribution is 2.24. The molecular weight excluding hydrogens is 574 g/mol. The van der Waals surface area contributed by atoms with Crippen molar-refractivity contribution in [2.24, 2.45) is 0 Å². The zero-order valence-electron chi connectivity index (χ0n) is 22.1. The van der Waals surface area contributed by atoms with Gasteiger partial charge in [-0.1, -0.05) is 53.5 Å². The lowest BCUT2D eigenvalue weighted by molar-refractivity contribution is -0.133. The lowest BCUT2D eigenvalue weighted by atomic mass is 10.0. The van der Waals surface area contributed by atoms with Gasteiger partial charge >= 0.3 is 6.09 Å². The summed E-state index contributed by atoms with van der Waals surface area (Å²) >= 11 is 14.1. The number of para-hydroxylation sites is 1. The Hall–Kier alpha value is -2.85. The number of nitrogens with zero attached hydrogens (tertiary/aromatic N) is 2. The van der Waals surface area contributed by atoms with Crippen LogP contribution in [0.15, 0.2) is 60.0 Å². The molecular formula is C29H33Cl2FN4O3S. The molecule has 0 aliphatic carbocycles. The van der Waals surface area contributed by atoms with Gasteiger partial charge < -0.3 is 25.2 Å². The first kappa shape index (κ1) is 30.1. The number of piperazine rings is 1. The summed E-state index contributed by atoms with van der Waals surface area (Å²) in [4.78, 5) is 31.2. The number of benzene rings is 2. The van der Waals surface area contributed by atoms with Gasteiger partial charge in [0, 0.05) is 66.3 Å². The van der Waals surface area contributed by atoms with E-state index in [0.717, 1.165) is 25.2 Å². The molecule has 1 saturated heterocycles. The van der Waals surface area contributed by atoms with Gasteiger partial charge in [0.25, 0.3) is 0 Å². The predicted molar refractivity (Wildman–Crippen MR) is 159 cm³/mol. The highest BCUT2D eigenvalue weighted by molar-refractivity contribution is 7.09. The number of nitrogens with one attached hydrogen (secondary N) is 2. The molecule has 2 N–H and O–H groups in total. The van der Waals surface area contributed by atoms with E-state index in [0.29, 0.717) is 41.8 Å². The van der Waals surface area contributed by atoms with E-state index in [1.165, 1.54) is 10.4 Å². The Morgan fingerprint density at radius 2 is 1.82 bits per heavy atom. The smallest absolute Gasteiger partial charge is 0.407 e. The molecule has 11 heteroatoms. The Kier molecular flexibility index (Phi) is 11.5. The fraction of sp³-hybridized carbons (Fsp3) is 0.379. The van der Waals surface area contributed by atoms with Crippen LogP contribution in [0.25, 0.3) is 0 Å². The second-order valence-corrected chi connectivity index (χ2v) is 11.3. The van der Waals surface area contributed by atoms with Crippen molar-refractivity contribution in [3.05, 3.63) is 86.0 Å². The molecule has 2 amide bonds. The van der Waals surface area contributed by atoms with E-state index in [-0.39, 0.29) is 18.9 Å². The molecule has 0 bridgehead atoms. The van der Waals surface area contributed by atoms with Gasteiger partial charge in [0.2, 0.25) is 5.91 Å². The lowest BCUT2D eigenvalue weighted by Crippen LogP contribution is -2.55. The minimum Gasteiger partial charge on any atom is -0.447 e. The summed E-state index contributed by atoms with van der Waals surface area (Å²) in [5.74, 6) is -0.244. The first-order chi connectivity index (χ1) is 19.4. The van der Waals surface area contributed by atoms with Crippen LogP contribution in [0.4, 0.5) is 14.9 Å². The molecule has 214 valence electrons. The molecule has 2 aromatic carbocycles. The third-order valence-electron chi connectivity index (χ3n) is 6.71. The summed E-state index contributed by atoms with van der Waals surface area (Å²) < 4.78 is 17.3. The van der Waals surface area contributed by atoms with Gasteiger partial charge in [0.1, 0.15) is 19.3 Å². The van der Waals surface area contributed by atoms with Crippen LogP contribution < -0.4 is 15.5 Å². The number of thiophene rings is 1. The standard InChI is InChI=1S/C29H33Cl2FN4O3S/c30-23-8-7-21(25(31)19-23)18-26(34-29(38)39-16-10-32)28(37)36-14-12-35(13-15-36)27-6-2-1-4-22(27)20-33-11-9-24-5-3-17-40-24/h1-8,17,19,26,33H,9-16,18,20H2,(H,34,38)/t26-/m1/s1. The van der Waals surface area contributed by atoms with Crippen molar-refractivity contribution in [1.82, 2.24) is 15.5 Å². The maximum Gasteiger partial charge on any atom is 0.407 e. The number of carbonyl (C=O) groups excluding carboxylic acids is 2.